The first-order valence-corrected chi connectivity index (χ1v) is 20.6. The highest BCUT2D eigenvalue weighted by molar-refractivity contribution is 6.36. The van der Waals surface area contributed by atoms with E-state index in [-0.39, 0.29) is 11.5 Å². The molecule has 0 fully saturated rings. The molecule has 1 atom stereocenters. The van der Waals surface area contributed by atoms with Gasteiger partial charge in [-0.3, -0.25) is 4.79 Å². The molecule has 4 aromatic heterocycles. The van der Waals surface area contributed by atoms with Gasteiger partial charge in [0.25, 0.3) is 0 Å². The van der Waals surface area contributed by atoms with Gasteiger partial charge in [-0.1, -0.05) is 112 Å². The number of hydrogen-bond acceptors (Lipinski definition) is 9. The molecule has 0 saturated carbocycles. The summed E-state index contributed by atoms with van der Waals surface area (Å²) in [5, 5.41) is 28.9. The Labute approximate surface area is 383 Å². The molecule has 0 saturated heterocycles. The van der Waals surface area contributed by atoms with E-state index in [4.69, 9.17) is 75.3 Å². The van der Waals surface area contributed by atoms with E-state index in [0.29, 0.717) is 70.2 Å². The minimum Gasteiger partial charge on any atom is -0.506 e. The van der Waals surface area contributed by atoms with Crippen LogP contribution in [-0.2, 0) is 0 Å². The summed E-state index contributed by atoms with van der Waals surface area (Å²) in [6, 6.07) is 30.0. The summed E-state index contributed by atoms with van der Waals surface area (Å²) >= 11 is 35.5. The highest BCUT2D eigenvalue weighted by Gasteiger charge is 2.23. The molecule has 1 unspecified atom stereocenters. The van der Waals surface area contributed by atoms with E-state index < -0.39 is 6.04 Å². The van der Waals surface area contributed by atoms with Crippen molar-refractivity contribution in [3.05, 3.63) is 185 Å². The average Bonchev–Trinajstić information content (AvgIpc) is 3.21. The number of nitrogens with two attached hydrogens (primary N) is 1. The molecule has 15 heteroatoms. The monoisotopic (exact) mass is 932 g/mol. The highest BCUT2D eigenvalue weighted by atomic mass is 35.5. The second-order valence-electron chi connectivity index (χ2n) is 13.5. The minimum atomic E-state index is -0.492. The van der Waals surface area contributed by atoms with Crippen LogP contribution in [0.15, 0.2) is 116 Å². The SMILES string of the molecule is Cc1cc(Cl)cnc1N.Cc1ccc2ccc(C(Nc3ncc(Cl)cc3C)c3ccc(Cl)cc3Cl)c(O)c2n1.Cc1ccc2cccc(O)c2n1.O=Cc1ccc(Cl)cc1Cl. The van der Waals surface area contributed by atoms with E-state index in [1.54, 1.807) is 42.6 Å². The average molecular weight is 936 g/mol. The third kappa shape index (κ3) is 12.6. The summed E-state index contributed by atoms with van der Waals surface area (Å²) in [6.07, 6.45) is 3.80. The number of aldehydes is 1. The molecule has 61 heavy (non-hydrogen) atoms. The van der Waals surface area contributed by atoms with Crippen LogP contribution >= 0.6 is 69.6 Å². The number of nitrogens with one attached hydrogen (secondary N) is 1. The number of benzene rings is 4. The summed E-state index contributed by atoms with van der Waals surface area (Å²) in [7, 11) is 0. The summed E-state index contributed by atoms with van der Waals surface area (Å²) in [6.45, 7) is 7.57. The topological polar surface area (TPSA) is 147 Å². The number of hydrogen-bond donors (Lipinski definition) is 4. The number of nitrogen functional groups attached to an aromatic ring is 1. The van der Waals surface area contributed by atoms with Crippen LogP contribution in [-0.4, -0.2) is 36.4 Å². The fourth-order valence-electron chi connectivity index (χ4n) is 5.78. The normalized spacial score (nSPS) is 11.0. The summed E-state index contributed by atoms with van der Waals surface area (Å²) in [5.41, 5.74) is 12.0. The first-order chi connectivity index (χ1) is 29.0. The Morgan fingerprint density at radius 2 is 1.16 bits per heavy atom. The number of fused-ring (bicyclic) bond motifs is 2. The molecule has 312 valence electrons. The lowest BCUT2D eigenvalue weighted by Crippen LogP contribution is -2.15. The van der Waals surface area contributed by atoms with E-state index in [1.165, 1.54) is 12.3 Å². The van der Waals surface area contributed by atoms with Crippen LogP contribution in [0.2, 0.25) is 30.1 Å². The molecule has 0 spiro atoms. The van der Waals surface area contributed by atoms with Crippen molar-refractivity contribution in [2.75, 3.05) is 11.1 Å². The van der Waals surface area contributed by atoms with Gasteiger partial charge in [-0.05, 0) is 105 Å². The van der Waals surface area contributed by atoms with Crippen molar-refractivity contribution in [1.29, 1.82) is 0 Å². The van der Waals surface area contributed by atoms with Crippen molar-refractivity contribution in [2.24, 2.45) is 0 Å². The van der Waals surface area contributed by atoms with Crippen LogP contribution in [0.4, 0.5) is 11.6 Å². The highest BCUT2D eigenvalue weighted by Crippen LogP contribution is 2.40. The molecular weight excluding hydrogens is 897 g/mol. The number of aromatic hydroxyl groups is 2. The van der Waals surface area contributed by atoms with Crippen molar-refractivity contribution in [1.82, 2.24) is 19.9 Å². The van der Waals surface area contributed by atoms with Crippen LogP contribution in [0.25, 0.3) is 21.8 Å². The van der Waals surface area contributed by atoms with Gasteiger partial charge in [0.2, 0.25) is 0 Å². The molecule has 0 aliphatic carbocycles. The predicted octanol–water partition coefficient (Wildman–Crippen LogP) is 13.8. The van der Waals surface area contributed by atoms with Gasteiger partial charge >= 0.3 is 0 Å². The van der Waals surface area contributed by atoms with Crippen LogP contribution in [0.5, 0.6) is 11.5 Å². The number of pyridine rings is 4. The maximum absolute atomic E-state index is 11.1. The van der Waals surface area contributed by atoms with Gasteiger partial charge in [-0.25, -0.2) is 19.9 Å². The number of nitrogens with zero attached hydrogens (tertiary/aromatic N) is 4. The molecule has 4 heterocycles. The van der Waals surface area contributed by atoms with Crippen molar-refractivity contribution in [3.63, 3.8) is 0 Å². The third-order valence-electron chi connectivity index (χ3n) is 8.93. The van der Waals surface area contributed by atoms with Gasteiger partial charge in [0.1, 0.15) is 34.2 Å². The zero-order chi connectivity index (χ0) is 44.4. The molecule has 0 aliphatic rings. The summed E-state index contributed by atoms with van der Waals surface area (Å²) < 4.78 is 0. The Hall–Kier alpha value is -5.39. The van der Waals surface area contributed by atoms with Crippen molar-refractivity contribution in [2.45, 2.75) is 33.7 Å². The number of phenolic OH excluding ortho intramolecular Hbond substituents is 2. The van der Waals surface area contributed by atoms with E-state index in [0.717, 1.165) is 38.9 Å². The Morgan fingerprint density at radius 3 is 1.75 bits per heavy atom. The summed E-state index contributed by atoms with van der Waals surface area (Å²) in [4.78, 5) is 27.2. The maximum Gasteiger partial charge on any atom is 0.151 e. The lowest BCUT2D eigenvalue weighted by Gasteiger charge is -2.24. The standard InChI is InChI=1S/C23H18Cl3N3O.C10H9NO.C7H4Cl2O.C6H7ClN2/c1-12-9-16(25)11-27-23(12)29-21(17-8-6-15(24)10-19(17)26)18-7-5-14-4-3-13(2)28-20(14)22(18)30;1-7-5-6-8-3-2-4-9(12)10(8)11-7;8-6-2-1-5(4-10)7(9)3-6;1-4-2-5(7)3-9-6(4)8/h3-11,21,30H,1-2H3,(H,27,29);2-6,12H,1H3;1-4H;2-3H,1H3,(H2,8,9). The van der Waals surface area contributed by atoms with Crippen molar-refractivity contribution in [3.8, 4) is 11.5 Å². The van der Waals surface area contributed by atoms with E-state index >= 15 is 0 Å². The molecule has 0 aliphatic heterocycles. The Morgan fingerprint density at radius 1 is 0.607 bits per heavy atom. The van der Waals surface area contributed by atoms with E-state index in [1.807, 2.05) is 88.4 Å². The molecule has 0 radical (unpaired) electrons. The minimum absolute atomic E-state index is 0.0892. The predicted molar refractivity (Wildman–Crippen MR) is 252 cm³/mol. The van der Waals surface area contributed by atoms with Gasteiger partial charge in [-0.15, -0.1) is 0 Å². The Bertz CT molecular complexity index is 2840. The smallest absolute Gasteiger partial charge is 0.151 e. The second-order valence-corrected chi connectivity index (χ2v) is 16.1. The quantitative estimate of drug-likeness (QED) is 0.124. The largest absolute Gasteiger partial charge is 0.506 e. The number of carbonyl (C=O) groups excluding carboxylic acids is 1. The first kappa shape index (κ1) is 46.7. The third-order valence-corrected chi connectivity index (χ3v) is 10.5. The van der Waals surface area contributed by atoms with Gasteiger partial charge < -0.3 is 21.3 Å². The number of para-hydroxylation sites is 1. The second kappa shape index (κ2) is 21.4. The molecule has 8 aromatic rings. The molecule has 8 rings (SSSR count). The van der Waals surface area contributed by atoms with Crippen molar-refractivity contribution < 1.29 is 15.0 Å². The molecular formula is C46H38Cl6N6O3. The van der Waals surface area contributed by atoms with Crippen molar-refractivity contribution >= 4 is 109 Å². The number of halogens is 6. The molecule has 0 amide bonds. The van der Waals surface area contributed by atoms with Crippen LogP contribution in [0.3, 0.4) is 0 Å². The fraction of sp³-hybridized carbons (Fsp3) is 0.109. The van der Waals surface area contributed by atoms with Gasteiger partial charge in [0.05, 0.1) is 21.1 Å². The summed E-state index contributed by atoms with van der Waals surface area (Å²) in [5.74, 6) is 1.51. The molecule has 9 nitrogen and oxygen atoms in total. The Kier molecular flexibility index (Phi) is 16.4. The lowest BCUT2D eigenvalue weighted by atomic mass is 9.95. The molecule has 0 bridgehead atoms. The van der Waals surface area contributed by atoms with Crippen LogP contribution < -0.4 is 11.1 Å². The van der Waals surface area contributed by atoms with E-state index in [9.17, 15) is 15.0 Å². The molecule has 5 N–H and O–H groups in total. The van der Waals surface area contributed by atoms with Crippen LogP contribution in [0, 0.1) is 27.7 Å². The maximum atomic E-state index is 11.1. The number of phenols is 2. The fourth-order valence-corrected chi connectivity index (χ4v) is 7.18. The number of anilines is 2. The zero-order valence-corrected chi connectivity index (χ0v) is 37.6. The zero-order valence-electron chi connectivity index (χ0n) is 33.1. The van der Waals surface area contributed by atoms with Gasteiger partial charge in [0.15, 0.2) is 6.29 Å². The first-order valence-electron chi connectivity index (χ1n) is 18.3. The van der Waals surface area contributed by atoms with Crippen LogP contribution in [0.1, 0.15) is 50.0 Å². The number of rotatable bonds is 5. The van der Waals surface area contributed by atoms with Gasteiger partial charge in [-0.2, -0.15) is 0 Å². The van der Waals surface area contributed by atoms with Gasteiger partial charge in [0, 0.05) is 60.7 Å². The molecule has 4 aromatic carbocycles. The number of aromatic nitrogens is 4. The Balaban J connectivity index is 0.000000184. The number of carbonyl (C=O) groups is 1. The lowest BCUT2D eigenvalue weighted by molar-refractivity contribution is 0.112. The number of aryl methyl sites for hydroxylation is 4. The van der Waals surface area contributed by atoms with E-state index in [2.05, 4.69) is 25.3 Å².